The van der Waals surface area contributed by atoms with Crippen LogP contribution in [0.5, 0.6) is 0 Å². The van der Waals surface area contributed by atoms with E-state index in [9.17, 15) is 0 Å². The van der Waals surface area contributed by atoms with Crippen molar-refractivity contribution in [2.45, 2.75) is 26.3 Å². The summed E-state index contributed by atoms with van der Waals surface area (Å²) in [7, 11) is 0. The standard InChI is InChI=1S/C17H19BrClN/c1-3-20-17(10-13-4-6-16(19)7-5-13)14-8-12(2)9-15(18)11-14/h4-9,11,17,20H,3,10H2,1-2H3. The summed E-state index contributed by atoms with van der Waals surface area (Å²) < 4.78 is 1.13. The van der Waals surface area contributed by atoms with Gasteiger partial charge in [-0.25, -0.2) is 0 Å². The summed E-state index contributed by atoms with van der Waals surface area (Å²) in [6.07, 6.45) is 0.959. The largest absolute Gasteiger partial charge is 0.310 e. The highest BCUT2D eigenvalue weighted by molar-refractivity contribution is 9.10. The molecule has 106 valence electrons. The molecule has 0 aliphatic heterocycles. The third-order valence-corrected chi connectivity index (χ3v) is 3.98. The molecule has 2 rings (SSSR count). The molecule has 0 aliphatic carbocycles. The third-order valence-electron chi connectivity index (χ3n) is 3.27. The molecule has 3 heteroatoms. The van der Waals surface area contributed by atoms with Gasteiger partial charge in [0.15, 0.2) is 0 Å². The fourth-order valence-corrected chi connectivity index (χ4v) is 3.13. The van der Waals surface area contributed by atoms with Gasteiger partial charge in [0, 0.05) is 15.5 Å². The van der Waals surface area contributed by atoms with Crippen molar-refractivity contribution >= 4 is 27.5 Å². The molecule has 1 nitrogen and oxygen atoms in total. The Morgan fingerprint density at radius 2 is 1.85 bits per heavy atom. The summed E-state index contributed by atoms with van der Waals surface area (Å²) in [5.41, 5.74) is 3.88. The van der Waals surface area contributed by atoms with Crippen molar-refractivity contribution in [1.29, 1.82) is 0 Å². The van der Waals surface area contributed by atoms with E-state index in [0.29, 0.717) is 6.04 Å². The predicted octanol–water partition coefficient (Wildman–Crippen LogP) is 5.30. The topological polar surface area (TPSA) is 12.0 Å². The van der Waals surface area contributed by atoms with Crippen LogP contribution in [-0.4, -0.2) is 6.54 Å². The van der Waals surface area contributed by atoms with Gasteiger partial charge in [-0.3, -0.25) is 0 Å². The van der Waals surface area contributed by atoms with Gasteiger partial charge in [-0.2, -0.15) is 0 Å². The molecule has 20 heavy (non-hydrogen) atoms. The van der Waals surface area contributed by atoms with Crippen molar-refractivity contribution in [3.05, 3.63) is 68.7 Å². The first-order chi connectivity index (χ1) is 9.58. The normalized spacial score (nSPS) is 12.4. The van der Waals surface area contributed by atoms with E-state index in [-0.39, 0.29) is 0 Å². The second-order valence-corrected chi connectivity index (χ2v) is 6.35. The van der Waals surface area contributed by atoms with Gasteiger partial charge in [0.2, 0.25) is 0 Å². The minimum Gasteiger partial charge on any atom is -0.310 e. The van der Waals surface area contributed by atoms with Crippen LogP contribution >= 0.6 is 27.5 Å². The Morgan fingerprint density at radius 3 is 2.45 bits per heavy atom. The fourth-order valence-electron chi connectivity index (χ4n) is 2.38. The van der Waals surface area contributed by atoms with E-state index in [4.69, 9.17) is 11.6 Å². The SMILES string of the molecule is CCNC(Cc1ccc(Cl)cc1)c1cc(C)cc(Br)c1. The van der Waals surface area contributed by atoms with Gasteiger partial charge in [-0.05, 0) is 60.8 Å². The molecule has 0 spiro atoms. The highest BCUT2D eigenvalue weighted by Gasteiger charge is 2.12. The number of hydrogen-bond acceptors (Lipinski definition) is 1. The molecule has 1 unspecified atom stereocenters. The first-order valence-electron chi connectivity index (χ1n) is 6.83. The second kappa shape index (κ2) is 7.26. The summed E-state index contributed by atoms with van der Waals surface area (Å²) in [5, 5.41) is 4.35. The molecule has 1 N–H and O–H groups in total. The Labute approximate surface area is 134 Å². The molecule has 0 amide bonds. The van der Waals surface area contributed by atoms with Gasteiger partial charge in [-0.1, -0.05) is 52.7 Å². The number of hydrogen-bond donors (Lipinski definition) is 1. The van der Waals surface area contributed by atoms with Crippen molar-refractivity contribution < 1.29 is 0 Å². The van der Waals surface area contributed by atoms with E-state index in [1.165, 1.54) is 16.7 Å². The van der Waals surface area contributed by atoms with Crippen LogP contribution in [0.4, 0.5) is 0 Å². The summed E-state index contributed by atoms with van der Waals surface area (Å²) in [6.45, 7) is 5.21. The minimum atomic E-state index is 0.317. The van der Waals surface area contributed by atoms with Crippen LogP contribution < -0.4 is 5.32 Å². The van der Waals surface area contributed by atoms with Gasteiger partial charge >= 0.3 is 0 Å². The van der Waals surface area contributed by atoms with Gasteiger partial charge in [-0.15, -0.1) is 0 Å². The summed E-state index contributed by atoms with van der Waals surface area (Å²) in [5.74, 6) is 0. The Balaban J connectivity index is 2.23. The highest BCUT2D eigenvalue weighted by Crippen LogP contribution is 2.24. The molecule has 0 saturated heterocycles. The van der Waals surface area contributed by atoms with Crippen molar-refractivity contribution in [3.8, 4) is 0 Å². The van der Waals surface area contributed by atoms with Gasteiger partial charge in [0.1, 0.15) is 0 Å². The average molecular weight is 353 g/mol. The van der Waals surface area contributed by atoms with Crippen LogP contribution in [0.3, 0.4) is 0 Å². The molecule has 2 aromatic rings. The van der Waals surface area contributed by atoms with E-state index in [0.717, 1.165) is 22.5 Å². The van der Waals surface area contributed by atoms with Crippen molar-refractivity contribution in [2.75, 3.05) is 6.54 Å². The number of nitrogens with one attached hydrogen (secondary N) is 1. The molecule has 0 saturated carbocycles. The lowest BCUT2D eigenvalue weighted by Gasteiger charge is -2.19. The smallest absolute Gasteiger partial charge is 0.0406 e. The van der Waals surface area contributed by atoms with E-state index in [2.05, 4.69) is 65.4 Å². The molecular formula is C17H19BrClN. The monoisotopic (exact) mass is 351 g/mol. The van der Waals surface area contributed by atoms with E-state index in [1.54, 1.807) is 0 Å². The molecule has 0 bridgehead atoms. The Bertz CT molecular complexity index is 545. The lowest BCUT2D eigenvalue weighted by Crippen LogP contribution is -2.23. The molecule has 2 aromatic carbocycles. The predicted molar refractivity (Wildman–Crippen MR) is 90.5 cm³/mol. The number of halogens is 2. The molecule has 0 aliphatic rings. The van der Waals surface area contributed by atoms with E-state index in [1.807, 2.05) is 12.1 Å². The first kappa shape index (κ1) is 15.6. The lowest BCUT2D eigenvalue weighted by atomic mass is 9.97. The molecule has 0 heterocycles. The zero-order chi connectivity index (χ0) is 14.5. The molecular weight excluding hydrogens is 334 g/mol. The lowest BCUT2D eigenvalue weighted by molar-refractivity contribution is 0.549. The molecule has 0 aromatic heterocycles. The summed E-state index contributed by atoms with van der Waals surface area (Å²) in [4.78, 5) is 0. The zero-order valence-corrected chi connectivity index (χ0v) is 14.1. The molecule has 0 radical (unpaired) electrons. The van der Waals surface area contributed by atoms with Gasteiger partial charge < -0.3 is 5.32 Å². The van der Waals surface area contributed by atoms with E-state index >= 15 is 0 Å². The van der Waals surface area contributed by atoms with Crippen LogP contribution in [0.25, 0.3) is 0 Å². The number of rotatable bonds is 5. The Kier molecular flexibility index (Phi) is 5.64. The van der Waals surface area contributed by atoms with Crippen molar-refractivity contribution in [2.24, 2.45) is 0 Å². The van der Waals surface area contributed by atoms with Gasteiger partial charge in [0.05, 0.1) is 0 Å². The Morgan fingerprint density at radius 1 is 1.15 bits per heavy atom. The van der Waals surface area contributed by atoms with Crippen molar-refractivity contribution in [3.63, 3.8) is 0 Å². The minimum absolute atomic E-state index is 0.317. The third kappa shape index (κ3) is 4.34. The van der Waals surface area contributed by atoms with E-state index < -0.39 is 0 Å². The second-order valence-electron chi connectivity index (χ2n) is 5.00. The van der Waals surface area contributed by atoms with Crippen LogP contribution in [-0.2, 0) is 6.42 Å². The maximum Gasteiger partial charge on any atom is 0.0406 e. The van der Waals surface area contributed by atoms with Crippen LogP contribution in [0.2, 0.25) is 5.02 Å². The highest BCUT2D eigenvalue weighted by atomic mass is 79.9. The molecule has 1 atom stereocenters. The number of likely N-dealkylation sites (N-methyl/N-ethyl adjacent to an activating group) is 1. The summed E-state index contributed by atoms with van der Waals surface area (Å²) in [6, 6.07) is 15.0. The maximum atomic E-state index is 5.95. The van der Waals surface area contributed by atoms with Crippen LogP contribution in [0.1, 0.15) is 29.7 Å². The maximum absolute atomic E-state index is 5.95. The van der Waals surface area contributed by atoms with Crippen LogP contribution in [0, 0.1) is 6.92 Å². The van der Waals surface area contributed by atoms with Crippen LogP contribution in [0.15, 0.2) is 46.9 Å². The number of benzene rings is 2. The zero-order valence-electron chi connectivity index (χ0n) is 11.8. The first-order valence-corrected chi connectivity index (χ1v) is 8.00. The fraction of sp³-hybridized carbons (Fsp3) is 0.294. The number of aryl methyl sites for hydroxylation is 1. The Hall–Kier alpha value is -0.830. The summed E-state index contributed by atoms with van der Waals surface area (Å²) >= 11 is 9.53. The van der Waals surface area contributed by atoms with Crippen molar-refractivity contribution in [1.82, 2.24) is 5.32 Å². The van der Waals surface area contributed by atoms with Gasteiger partial charge in [0.25, 0.3) is 0 Å². The quantitative estimate of drug-likeness (QED) is 0.769. The molecule has 0 fully saturated rings. The average Bonchev–Trinajstić information content (AvgIpc) is 2.39.